The van der Waals surface area contributed by atoms with E-state index in [0.717, 1.165) is 12.1 Å². The second-order valence-corrected chi connectivity index (χ2v) is 7.24. The van der Waals surface area contributed by atoms with Crippen molar-refractivity contribution in [2.75, 3.05) is 12.8 Å². The predicted octanol–water partition coefficient (Wildman–Crippen LogP) is 2.74. The first-order valence-corrected chi connectivity index (χ1v) is 9.00. The molecule has 3 nitrogen and oxygen atoms in total. The molecule has 0 heterocycles. The molecular formula is C17H26N2OS. The van der Waals surface area contributed by atoms with E-state index in [2.05, 4.69) is 11.6 Å². The highest BCUT2D eigenvalue weighted by Gasteiger charge is 2.31. The zero-order valence-electron chi connectivity index (χ0n) is 12.8. The Morgan fingerprint density at radius 3 is 2.57 bits per heavy atom. The van der Waals surface area contributed by atoms with Crippen molar-refractivity contribution in [3.63, 3.8) is 0 Å². The molecular weight excluding hydrogens is 280 g/mol. The Labute approximate surface area is 132 Å². The molecule has 0 aliphatic heterocycles. The standard InChI is InChI=1S/C17H26N2OS/c1-21-17(10-6-3-7-11-17)13-19-16(20)15(18)12-14-8-4-2-5-9-14/h2,4-5,8-9,15H,3,6-7,10-13,18H2,1H3,(H,19,20). The van der Waals surface area contributed by atoms with Gasteiger partial charge >= 0.3 is 0 Å². The number of benzene rings is 1. The van der Waals surface area contributed by atoms with Gasteiger partial charge in [0.05, 0.1) is 6.04 Å². The van der Waals surface area contributed by atoms with Gasteiger partial charge < -0.3 is 11.1 Å². The summed E-state index contributed by atoms with van der Waals surface area (Å²) < 4.78 is 0.223. The van der Waals surface area contributed by atoms with Gasteiger partial charge in [-0.05, 0) is 31.1 Å². The van der Waals surface area contributed by atoms with Crippen LogP contribution in [0.2, 0.25) is 0 Å². The second kappa shape index (κ2) is 7.85. The molecule has 1 aliphatic rings. The second-order valence-electron chi connectivity index (χ2n) is 5.96. The van der Waals surface area contributed by atoms with E-state index in [0.29, 0.717) is 6.42 Å². The van der Waals surface area contributed by atoms with E-state index < -0.39 is 6.04 Å². The fourth-order valence-electron chi connectivity index (χ4n) is 2.99. The molecule has 0 spiro atoms. The van der Waals surface area contributed by atoms with Gasteiger partial charge in [-0.15, -0.1) is 0 Å². The smallest absolute Gasteiger partial charge is 0.237 e. The summed E-state index contributed by atoms with van der Waals surface area (Å²) in [5, 5.41) is 3.08. The minimum atomic E-state index is -0.463. The van der Waals surface area contributed by atoms with Crippen molar-refractivity contribution in [2.45, 2.75) is 49.3 Å². The van der Waals surface area contributed by atoms with Gasteiger partial charge in [0.2, 0.25) is 5.91 Å². The lowest BCUT2D eigenvalue weighted by molar-refractivity contribution is -0.122. The third-order valence-electron chi connectivity index (χ3n) is 4.42. The molecule has 1 aromatic carbocycles. The molecule has 2 rings (SSSR count). The zero-order chi connectivity index (χ0) is 15.1. The number of nitrogens with two attached hydrogens (primary N) is 1. The summed E-state index contributed by atoms with van der Waals surface area (Å²) in [5.41, 5.74) is 7.14. The van der Waals surface area contributed by atoms with Crippen LogP contribution in [-0.4, -0.2) is 29.5 Å². The lowest BCUT2D eigenvalue weighted by Crippen LogP contribution is -2.48. The van der Waals surface area contributed by atoms with Crippen molar-refractivity contribution >= 4 is 17.7 Å². The molecule has 1 aliphatic carbocycles. The Kier molecular flexibility index (Phi) is 6.12. The maximum Gasteiger partial charge on any atom is 0.237 e. The minimum absolute atomic E-state index is 0.0298. The Bertz CT molecular complexity index is 443. The normalized spacial score (nSPS) is 19.0. The summed E-state index contributed by atoms with van der Waals surface area (Å²) in [5.74, 6) is -0.0298. The average molecular weight is 306 g/mol. The molecule has 0 aromatic heterocycles. The topological polar surface area (TPSA) is 55.1 Å². The quantitative estimate of drug-likeness (QED) is 0.849. The number of hydrogen-bond donors (Lipinski definition) is 2. The van der Waals surface area contributed by atoms with E-state index in [1.807, 2.05) is 42.1 Å². The molecule has 1 fully saturated rings. The molecule has 0 bridgehead atoms. The van der Waals surface area contributed by atoms with Crippen LogP contribution < -0.4 is 11.1 Å². The van der Waals surface area contributed by atoms with Gasteiger partial charge in [0.15, 0.2) is 0 Å². The maximum atomic E-state index is 12.2. The molecule has 116 valence electrons. The van der Waals surface area contributed by atoms with Crippen LogP contribution in [0.15, 0.2) is 30.3 Å². The van der Waals surface area contributed by atoms with E-state index >= 15 is 0 Å². The molecule has 4 heteroatoms. The van der Waals surface area contributed by atoms with Crippen LogP contribution in [0.4, 0.5) is 0 Å². The zero-order valence-corrected chi connectivity index (χ0v) is 13.6. The number of carbonyl (C=O) groups excluding carboxylic acids is 1. The lowest BCUT2D eigenvalue weighted by atomic mass is 9.88. The Morgan fingerprint density at radius 2 is 1.95 bits per heavy atom. The first kappa shape index (κ1) is 16.4. The molecule has 1 amide bonds. The lowest BCUT2D eigenvalue weighted by Gasteiger charge is -2.36. The summed E-state index contributed by atoms with van der Waals surface area (Å²) >= 11 is 1.90. The number of amides is 1. The average Bonchev–Trinajstić information content (AvgIpc) is 2.54. The van der Waals surface area contributed by atoms with Crippen LogP contribution >= 0.6 is 11.8 Å². The fourth-order valence-corrected chi connectivity index (χ4v) is 3.90. The van der Waals surface area contributed by atoms with Crippen LogP contribution in [-0.2, 0) is 11.2 Å². The Balaban J connectivity index is 1.83. The summed E-state index contributed by atoms with van der Waals surface area (Å²) in [4.78, 5) is 12.2. The van der Waals surface area contributed by atoms with E-state index in [4.69, 9.17) is 5.73 Å². The third-order valence-corrected chi connectivity index (χ3v) is 5.84. The van der Waals surface area contributed by atoms with Crippen molar-refractivity contribution in [1.82, 2.24) is 5.32 Å². The first-order valence-electron chi connectivity index (χ1n) is 7.78. The van der Waals surface area contributed by atoms with Gasteiger partial charge in [0.1, 0.15) is 0 Å². The van der Waals surface area contributed by atoms with Gasteiger partial charge in [0, 0.05) is 11.3 Å². The molecule has 0 radical (unpaired) electrons. The molecule has 1 atom stereocenters. The van der Waals surface area contributed by atoms with Crippen LogP contribution in [0, 0.1) is 0 Å². The Morgan fingerprint density at radius 1 is 1.29 bits per heavy atom. The van der Waals surface area contributed by atoms with Crippen LogP contribution in [0.1, 0.15) is 37.7 Å². The largest absolute Gasteiger partial charge is 0.353 e. The highest BCUT2D eigenvalue weighted by Crippen LogP contribution is 2.37. The van der Waals surface area contributed by atoms with Crippen molar-refractivity contribution in [2.24, 2.45) is 5.73 Å². The number of carbonyl (C=O) groups is 1. The number of hydrogen-bond acceptors (Lipinski definition) is 3. The first-order chi connectivity index (χ1) is 10.2. The molecule has 21 heavy (non-hydrogen) atoms. The van der Waals surface area contributed by atoms with Gasteiger partial charge in [-0.2, -0.15) is 11.8 Å². The molecule has 1 saturated carbocycles. The SMILES string of the molecule is CSC1(CNC(=O)C(N)Cc2ccccc2)CCCCC1. The van der Waals surface area contributed by atoms with Gasteiger partial charge in [-0.1, -0.05) is 49.6 Å². The van der Waals surface area contributed by atoms with Crippen molar-refractivity contribution in [3.05, 3.63) is 35.9 Å². The highest BCUT2D eigenvalue weighted by atomic mass is 32.2. The summed E-state index contributed by atoms with van der Waals surface area (Å²) in [6.45, 7) is 0.746. The summed E-state index contributed by atoms with van der Waals surface area (Å²) in [7, 11) is 0. The number of nitrogens with one attached hydrogen (secondary N) is 1. The van der Waals surface area contributed by atoms with Crippen LogP contribution in [0.5, 0.6) is 0 Å². The fraction of sp³-hybridized carbons (Fsp3) is 0.588. The molecule has 3 N–H and O–H groups in total. The molecule has 0 saturated heterocycles. The highest BCUT2D eigenvalue weighted by molar-refractivity contribution is 8.00. The number of thioether (sulfide) groups is 1. The van der Waals surface area contributed by atoms with E-state index in [-0.39, 0.29) is 10.7 Å². The van der Waals surface area contributed by atoms with E-state index in [1.54, 1.807) is 0 Å². The van der Waals surface area contributed by atoms with Crippen molar-refractivity contribution in [1.29, 1.82) is 0 Å². The molecule has 1 unspecified atom stereocenters. The number of rotatable bonds is 6. The molecule has 1 aromatic rings. The van der Waals surface area contributed by atoms with Crippen molar-refractivity contribution < 1.29 is 4.79 Å². The van der Waals surface area contributed by atoms with E-state index in [9.17, 15) is 4.79 Å². The van der Waals surface area contributed by atoms with E-state index in [1.165, 1.54) is 32.1 Å². The van der Waals surface area contributed by atoms with Gasteiger partial charge in [-0.3, -0.25) is 4.79 Å². The summed E-state index contributed by atoms with van der Waals surface area (Å²) in [6.07, 6.45) is 9.01. The minimum Gasteiger partial charge on any atom is -0.353 e. The predicted molar refractivity (Wildman–Crippen MR) is 90.5 cm³/mol. The third kappa shape index (κ3) is 4.75. The summed E-state index contributed by atoms with van der Waals surface area (Å²) in [6, 6.07) is 9.49. The maximum absolute atomic E-state index is 12.2. The Hall–Kier alpha value is -1.00. The van der Waals surface area contributed by atoms with Crippen molar-refractivity contribution in [3.8, 4) is 0 Å². The van der Waals surface area contributed by atoms with Crippen LogP contribution in [0.3, 0.4) is 0 Å². The monoisotopic (exact) mass is 306 g/mol. The van der Waals surface area contributed by atoms with Gasteiger partial charge in [0.25, 0.3) is 0 Å². The van der Waals surface area contributed by atoms with Crippen LogP contribution in [0.25, 0.3) is 0 Å². The van der Waals surface area contributed by atoms with Gasteiger partial charge in [-0.25, -0.2) is 0 Å².